The summed E-state index contributed by atoms with van der Waals surface area (Å²) in [5, 5.41) is 38.1. The van der Waals surface area contributed by atoms with Crippen LogP contribution in [0.3, 0.4) is 0 Å². The normalized spacial score (nSPS) is 7.64. The maximum absolute atomic E-state index is 9.53. The molecule has 0 aliphatic heterocycles. The predicted molar refractivity (Wildman–Crippen MR) is 89.0 cm³/mol. The number of unbranched alkanes of at least 4 members (excludes halogenated alkanes) is 4. The van der Waals surface area contributed by atoms with Crippen molar-refractivity contribution < 1.29 is 42.1 Å². The van der Waals surface area contributed by atoms with Gasteiger partial charge >= 0.3 is 21.7 Å². The zero-order chi connectivity index (χ0) is 16.5. The summed E-state index contributed by atoms with van der Waals surface area (Å²) in [6, 6.07) is 0. The molecule has 0 spiro atoms. The molecular weight excluding hydrogens is 315 g/mol. The van der Waals surface area contributed by atoms with Crippen LogP contribution < -0.4 is 20.4 Å². The van der Waals surface area contributed by atoms with E-state index in [1.807, 2.05) is 27.7 Å². The second kappa shape index (κ2) is 57.7. The number of hydrogen-bond acceptors (Lipinski definition) is 4. The van der Waals surface area contributed by atoms with Gasteiger partial charge in [-0.3, -0.25) is 0 Å². The molecule has 0 amide bonds. The molecule has 0 rings (SSSR count). The first-order chi connectivity index (χ1) is 9.66. The quantitative estimate of drug-likeness (QED) is 0.544. The van der Waals surface area contributed by atoms with Crippen molar-refractivity contribution in [2.45, 2.75) is 79.1 Å². The van der Waals surface area contributed by atoms with Crippen molar-refractivity contribution in [2.24, 2.45) is 0 Å². The van der Waals surface area contributed by atoms with Gasteiger partial charge in [-0.15, -0.1) is 26.4 Å². The fraction of sp³-hybridized carbons (Fsp3) is 1.00. The molecule has 22 heavy (non-hydrogen) atoms. The number of rotatable bonds is 8. The fourth-order valence-corrected chi connectivity index (χ4v) is 0.577. The molecule has 4 nitrogen and oxygen atoms in total. The summed E-state index contributed by atoms with van der Waals surface area (Å²) >= 11 is 0. The molecule has 134 valence electrons. The van der Waals surface area contributed by atoms with Crippen molar-refractivity contribution in [2.75, 3.05) is 26.4 Å². The van der Waals surface area contributed by atoms with Gasteiger partial charge in [0.2, 0.25) is 0 Å². The summed E-state index contributed by atoms with van der Waals surface area (Å²) in [4.78, 5) is 0. The average molecular weight is 354 g/mol. The summed E-state index contributed by atoms with van der Waals surface area (Å²) in [6.07, 6.45) is 7.46. The van der Waals surface area contributed by atoms with Crippen LogP contribution >= 0.6 is 0 Å². The second-order valence-corrected chi connectivity index (χ2v) is 4.23. The first-order valence-electron chi connectivity index (χ1n) is 7.98. The molecule has 0 heterocycles. The largest absolute Gasteiger partial charge is 4.00 e. The van der Waals surface area contributed by atoms with Crippen molar-refractivity contribution >= 4 is 8.41 Å². The summed E-state index contributed by atoms with van der Waals surface area (Å²) in [6.45, 7) is 8.42. The van der Waals surface area contributed by atoms with Crippen LogP contribution in [0.4, 0.5) is 0 Å². The van der Waals surface area contributed by atoms with E-state index < -0.39 is 0 Å². The molecule has 0 aromatic heterocycles. The van der Waals surface area contributed by atoms with Crippen molar-refractivity contribution in [3.8, 4) is 0 Å². The summed E-state index contributed by atoms with van der Waals surface area (Å²) in [7, 11) is 0. The summed E-state index contributed by atoms with van der Waals surface area (Å²) in [5.41, 5.74) is 0. The molecule has 0 fully saturated rings. The van der Waals surface area contributed by atoms with Crippen LogP contribution in [0.15, 0.2) is 0 Å². The van der Waals surface area contributed by atoms with E-state index in [0.717, 1.165) is 51.4 Å². The van der Waals surface area contributed by atoms with Crippen molar-refractivity contribution in [1.82, 2.24) is 0 Å². The molecule has 0 saturated carbocycles. The topological polar surface area (TPSA) is 92.2 Å². The van der Waals surface area contributed by atoms with E-state index in [1.54, 1.807) is 0 Å². The first-order valence-corrected chi connectivity index (χ1v) is 7.98. The van der Waals surface area contributed by atoms with Crippen molar-refractivity contribution in [1.29, 1.82) is 0 Å². The fourth-order valence-electron chi connectivity index (χ4n) is 0.577. The Balaban J connectivity index is -0.0000000376. The molecule has 0 N–H and O–H groups in total. The Morgan fingerprint density at radius 1 is 0.455 bits per heavy atom. The molecule has 0 atom stereocenters. The van der Waals surface area contributed by atoms with Gasteiger partial charge in [-0.05, 0) is 0 Å². The standard InChI is InChI=1S/4C4H9O.BH3.Ti/c4*1-2-3-4-5;;/h4*2-4H2,1H3;1H3;/q4*-1;;+4. The van der Waals surface area contributed by atoms with Crippen LogP contribution in [0.1, 0.15) is 79.1 Å². The predicted octanol–water partition coefficient (Wildman–Crippen LogP) is -0.599. The van der Waals surface area contributed by atoms with Crippen LogP contribution in [-0.4, -0.2) is 34.8 Å². The molecule has 0 saturated heterocycles. The molecular formula is C16H39BO4Ti. The third-order valence-corrected chi connectivity index (χ3v) is 1.99. The Hall–Kier alpha value is 0.619. The third-order valence-electron chi connectivity index (χ3n) is 1.99. The minimum absolute atomic E-state index is 0. The third kappa shape index (κ3) is 107. The average Bonchev–Trinajstić information content (AvgIpc) is 2.44. The smallest absolute Gasteiger partial charge is 0.854 e. The van der Waals surface area contributed by atoms with Crippen LogP contribution in [0.5, 0.6) is 0 Å². The van der Waals surface area contributed by atoms with Gasteiger partial charge in [-0.25, -0.2) is 0 Å². The first kappa shape index (κ1) is 38.3. The van der Waals surface area contributed by atoms with Gasteiger partial charge in [0.15, 0.2) is 0 Å². The van der Waals surface area contributed by atoms with Gasteiger partial charge in [0.25, 0.3) is 0 Å². The van der Waals surface area contributed by atoms with E-state index in [2.05, 4.69) is 0 Å². The van der Waals surface area contributed by atoms with Crippen molar-refractivity contribution in [3.05, 3.63) is 0 Å². The van der Waals surface area contributed by atoms with Gasteiger partial charge in [0, 0.05) is 0 Å². The van der Waals surface area contributed by atoms with Crippen LogP contribution in [0, 0.1) is 0 Å². The monoisotopic (exact) mass is 354 g/mol. The molecule has 0 bridgehead atoms. The Bertz CT molecular complexity index is 80.1. The van der Waals surface area contributed by atoms with Crippen LogP contribution in [0.2, 0.25) is 0 Å². The maximum atomic E-state index is 9.53. The van der Waals surface area contributed by atoms with Gasteiger partial charge in [0.05, 0.1) is 8.41 Å². The molecule has 0 aromatic rings. The van der Waals surface area contributed by atoms with E-state index in [0.29, 0.717) is 0 Å². The Kier molecular flexibility index (Phi) is 100. The SMILES string of the molecule is B.CCCC[O-].CCCC[O-].CCCC[O-].CCCC[O-].[Ti+4]. The van der Waals surface area contributed by atoms with Gasteiger partial charge in [-0.1, -0.05) is 79.1 Å². The minimum atomic E-state index is 0. The van der Waals surface area contributed by atoms with Crippen molar-refractivity contribution in [3.63, 3.8) is 0 Å². The zero-order valence-corrected chi connectivity index (χ0v) is 16.2. The van der Waals surface area contributed by atoms with E-state index in [9.17, 15) is 20.4 Å². The Morgan fingerprint density at radius 3 is 0.591 bits per heavy atom. The Morgan fingerprint density at radius 2 is 0.591 bits per heavy atom. The molecule has 0 radical (unpaired) electrons. The molecule has 0 aliphatic rings. The van der Waals surface area contributed by atoms with Crippen LogP contribution in [-0.2, 0) is 21.7 Å². The molecule has 6 heteroatoms. The zero-order valence-electron chi connectivity index (χ0n) is 14.6. The van der Waals surface area contributed by atoms with Crippen LogP contribution in [0.25, 0.3) is 0 Å². The van der Waals surface area contributed by atoms with Gasteiger partial charge < -0.3 is 20.4 Å². The molecule has 0 aromatic carbocycles. The van der Waals surface area contributed by atoms with E-state index in [4.69, 9.17) is 0 Å². The van der Waals surface area contributed by atoms with E-state index >= 15 is 0 Å². The molecule has 0 aliphatic carbocycles. The summed E-state index contributed by atoms with van der Waals surface area (Å²) in [5.74, 6) is 0. The minimum Gasteiger partial charge on any atom is -0.854 e. The molecule has 0 unspecified atom stereocenters. The van der Waals surface area contributed by atoms with E-state index in [1.165, 1.54) is 0 Å². The van der Waals surface area contributed by atoms with E-state index in [-0.39, 0.29) is 56.6 Å². The van der Waals surface area contributed by atoms with Gasteiger partial charge in [-0.2, -0.15) is 0 Å². The maximum Gasteiger partial charge on any atom is 4.00 e. The summed E-state index contributed by atoms with van der Waals surface area (Å²) < 4.78 is 0. The second-order valence-electron chi connectivity index (χ2n) is 4.23. The van der Waals surface area contributed by atoms with Gasteiger partial charge in [0.1, 0.15) is 0 Å². The number of hydrogen-bond donors (Lipinski definition) is 0. The Labute approximate surface area is 156 Å².